The molecule has 8 heteroatoms. The number of hydrogen-bond acceptors (Lipinski definition) is 5. The van der Waals surface area contributed by atoms with Gasteiger partial charge in [-0.25, -0.2) is 9.80 Å². The number of carbonyl (C=O) groups excluding carboxylic acids is 2. The summed E-state index contributed by atoms with van der Waals surface area (Å²) in [5.74, 6) is -0.459. The van der Waals surface area contributed by atoms with Gasteiger partial charge >= 0.3 is 6.03 Å². The van der Waals surface area contributed by atoms with Crippen molar-refractivity contribution < 1.29 is 14.5 Å². The largest absolute Gasteiger partial charge is 0.344 e. The Morgan fingerprint density at radius 1 is 1.39 bits per heavy atom. The van der Waals surface area contributed by atoms with Crippen molar-refractivity contribution >= 4 is 23.8 Å². The van der Waals surface area contributed by atoms with Gasteiger partial charge in [0.2, 0.25) is 5.91 Å². The van der Waals surface area contributed by atoms with Crippen LogP contribution in [-0.2, 0) is 4.79 Å². The Balaban J connectivity index is 2.21. The summed E-state index contributed by atoms with van der Waals surface area (Å²) in [6.07, 6.45) is 1.18. The molecule has 1 heterocycles. The molecule has 1 aliphatic rings. The fourth-order valence-electron chi connectivity index (χ4n) is 1.42. The number of benzene rings is 1. The molecule has 8 nitrogen and oxygen atoms in total. The maximum atomic E-state index is 11.2. The van der Waals surface area contributed by atoms with Gasteiger partial charge < -0.3 is 0 Å². The first-order chi connectivity index (χ1) is 8.58. The Bertz CT molecular complexity index is 555. The van der Waals surface area contributed by atoms with Crippen LogP contribution in [0.4, 0.5) is 10.5 Å². The number of para-hydroxylation sites is 1. The molecule has 92 valence electrons. The van der Waals surface area contributed by atoms with Crippen LogP contribution < -0.4 is 5.32 Å². The lowest BCUT2D eigenvalue weighted by atomic mass is 10.2. The normalized spacial score (nSPS) is 15.2. The van der Waals surface area contributed by atoms with Crippen molar-refractivity contribution in [2.75, 3.05) is 6.54 Å². The van der Waals surface area contributed by atoms with E-state index in [9.17, 15) is 19.7 Å². The Hall–Kier alpha value is -2.77. The van der Waals surface area contributed by atoms with Crippen LogP contribution in [0.25, 0.3) is 0 Å². The van der Waals surface area contributed by atoms with Gasteiger partial charge in [0, 0.05) is 6.07 Å². The van der Waals surface area contributed by atoms with Gasteiger partial charge in [-0.15, -0.1) is 0 Å². The minimum absolute atomic E-state index is 0.118. The van der Waals surface area contributed by atoms with E-state index in [4.69, 9.17) is 0 Å². The molecule has 3 amide bonds. The van der Waals surface area contributed by atoms with Crippen LogP contribution in [0, 0.1) is 10.1 Å². The Morgan fingerprint density at radius 2 is 2.11 bits per heavy atom. The number of imide groups is 1. The number of nitrogens with one attached hydrogen (secondary N) is 1. The zero-order valence-corrected chi connectivity index (χ0v) is 9.07. The second kappa shape index (κ2) is 4.62. The fourth-order valence-corrected chi connectivity index (χ4v) is 1.42. The van der Waals surface area contributed by atoms with E-state index >= 15 is 0 Å². The summed E-state index contributed by atoms with van der Waals surface area (Å²) in [5.41, 5.74) is 0.141. The summed E-state index contributed by atoms with van der Waals surface area (Å²) in [6.45, 7) is -0.185. The van der Waals surface area contributed by atoms with Gasteiger partial charge in [-0.2, -0.15) is 5.10 Å². The van der Waals surface area contributed by atoms with Gasteiger partial charge in [-0.3, -0.25) is 20.2 Å². The van der Waals surface area contributed by atoms with Gasteiger partial charge in [-0.1, -0.05) is 12.1 Å². The maximum Gasteiger partial charge on any atom is 0.344 e. The fraction of sp³-hybridized carbons (Fsp3) is 0.100. The Kier molecular flexibility index (Phi) is 3.00. The highest BCUT2D eigenvalue weighted by Gasteiger charge is 2.26. The average molecular weight is 252 g/mol. The lowest BCUT2D eigenvalue weighted by Gasteiger charge is -2.04. The smallest absolute Gasteiger partial charge is 0.275 e. The molecule has 1 fully saturated rings. The van der Waals surface area contributed by atoms with E-state index in [0.29, 0.717) is 0 Å². The lowest BCUT2D eigenvalue weighted by molar-refractivity contribution is -0.385. The van der Waals surface area contributed by atoms with Crippen molar-refractivity contribution in [3.05, 3.63) is 39.9 Å². The lowest BCUT2D eigenvalue weighted by Crippen LogP contribution is -2.24. The highest BCUT2D eigenvalue weighted by Crippen LogP contribution is 2.15. The number of hydrogen-bond donors (Lipinski definition) is 1. The first-order valence-corrected chi connectivity index (χ1v) is 4.96. The summed E-state index contributed by atoms with van der Waals surface area (Å²) in [6, 6.07) is 5.33. The van der Waals surface area contributed by atoms with Crippen LogP contribution >= 0.6 is 0 Å². The summed E-state index contributed by atoms with van der Waals surface area (Å²) in [4.78, 5) is 32.3. The van der Waals surface area contributed by atoms with Crippen molar-refractivity contribution in [2.24, 2.45) is 5.10 Å². The van der Waals surface area contributed by atoms with Crippen LogP contribution in [0.15, 0.2) is 29.4 Å². The molecule has 0 aliphatic carbocycles. The number of nitro groups is 1. The molecular formula is C10H8N4O4. The Morgan fingerprint density at radius 3 is 2.72 bits per heavy atom. The number of nitrogens with zero attached hydrogens (tertiary/aromatic N) is 3. The van der Waals surface area contributed by atoms with E-state index in [2.05, 4.69) is 5.10 Å². The van der Waals surface area contributed by atoms with Gasteiger partial charge in [0.1, 0.15) is 6.54 Å². The molecule has 18 heavy (non-hydrogen) atoms. The molecule has 1 N–H and O–H groups in total. The third-order valence-corrected chi connectivity index (χ3v) is 2.24. The van der Waals surface area contributed by atoms with Crippen LogP contribution in [0.2, 0.25) is 0 Å². The monoisotopic (exact) mass is 252 g/mol. The van der Waals surface area contributed by atoms with E-state index in [0.717, 1.165) is 5.01 Å². The number of urea groups is 1. The number of rotatable bonds is 3. The predicted octanol–water partition coefficient (Wildman–Crippen LogP) is 0.480. The highest BCUT2D eigenvalue weighted by molar-refractivity contribution is 6.02. The molecule has 1 saturated heterocycles. The molecule has 1 aromatic rings. The van der Waals surface area contributed by atoms with E-state index in [-0.39, 0.29) is 17.8 Å². The van der Waals surface area contributed by atoms with Gasteiger partial charge in [-0.05, 0) is 6.07 Å². The quantitative estimate of drug-likeness (QED) is 0.211. The predicted molar refractivity (Wildman–Crippen MR) is 60.9 cm³/mol. The topological polar surface area (TPSA) is 105 Å². The molecular weight excluding hydrogens is 244 g/mol. The first kappa shape index (κ1) is 11.7. The molecule has 0 bridgehead atoms. The SMILES string of the molecule is O=C1C[15N](/[15N]=C/c2ccccc2[N+](=O)[O-])[13C](=O)[15NH]1. The van der Waals surface area contributed by atoms with E-state index in [1.54, 1.807) is 6.07 Å². The van der Waals surface area contributed by atoms with E-state index < -0.39 is 16.9 Å². The highest BCUT2D eigenvalue weighted by atomic mass is 16.6. The molecule has 0 saturated carbocycles. The third kappa shape index (κ3) is 2.32. The van der Waals surface area contributed by atoms with Crippen LogP contribution in [-0.4, -0.2) is 34.6 Å². The minimum atomic E-state index is -0.644. The average Bonchev–Trinajstić information content (AvgIpc) is 2.65. The van der Waals surface area contributed by atoms with Crippen LogP contribution in [0.3, 0.4) is 0 Å². The molecule has 0 aromatic heterocycles. The summed E-state index contributed by atoms with van der Waals surface area (Å²) < 4.78 is 0. The molecule has 1 aliphatic heterocycles. The maximum absolute atomic E-state index is 11.2. The second-order valence-electron chi connectivity index (χ2n) is 3.47. The van der Waals surface area contributed by atoms with Crippen LogP contribution in [0.1, 0.15) is 5.56 Å². The molecule has 0 spiro atoms. The molecule has 0 radical (unpaired) electrons. The van der Waals surface area contributed by atoms with E-state index in [1.165, 1.54) is 24.4 Å². The standard InChI is InChI=1S/C10H8N4O4/c15-9-6-13(10(16)12-9)11-5-7-3-1-2-4-8(7)14(17)18/h1-5H,6H2,(H,12,15,16)/b11-5+/i10+1,11+1,12+1,13+1. The van der Waals surface area contributed by atoms with Gasteiger partial charge in [0.15, 0.2) is 0 Å². The van der Waals surface area contributed by atoms with E-state index in [1.807, 2.05) is 5.32 Å². The zero-order valence-electron chi connectivity index (χ0n) is 9.07. The summed E-state index contributed by atoms with van der Waals surface area (Å²) in [5, 5.41) is 17.4. The van der Waals surface area contributed by atoms with Crippen molar-refractivity contribution in [3.8, 4) is 0 Å². The zero-order chi connectivity index (χ0) is 13.1. The molecule has 1 aromatic carbocycles. The van der Waals surface area contributed by atoms with Crippen molar-refractivity contribution in [1.82, 2.24) is 10.3 Å². The molecule has 2 rings (SSSR count). The Labute approximate surface area is 101 Å². The number of amides is 3. The van der Waals surface area contributed by atoms with Crippen molar-refractivity contribution in [3.63, 3.8) is 0 Å². The minimum Gasteiger partial charge on any atom is -0.275 e. The van der Waals surface area contributed by atoms with Crippen molar-refractivity contribution in [2.45, 2.75) is 0 Å². The number of nitro benzene ring substituents is 1. The molecule has 0 atom stereocenters. The first-order valence-electron chi connectivity index (χ1n) is 4.96. The number of hydrazone groups is 1. The summed E-state index contributed by atoms with van der Waals surface area (Å²) >= 11 is 0. The van der Waals surface area contributed by atoms with Gasteiger partial charge in [0.05, 0.1) is 16.7 Å². The second-order valence-corrected chi connectivity index (χ2v) is 3.47. The number of carbonyl (C=O) groups is 2. The van der Waals surface area contributed by atoms with Gasteiger partial charge in [0.25, 0.3) is 5.69 Å². The third-order valence-electron chi connectivity index (χ3n) is 2.24. The van der Waals surface area contributed by atoms with Crippen LogP contribution in [0.5, 0.6) is 0 Å². The summed E-state index contributed by atoms with van der Waals surface area (Å²) in [7, 11) is 0. The van der Waals surface area contributed by atoms with Crippen molar-refractivity contribution in [1.29, 1.82) is 0 Å². The molecule has 0 unspecified atom stereocenters.